The number of rotatable bonds is 3. The van der Waals surface area contributed by atoms with E-state index in [2.05, 4.69) is 5.32 Å². The lowest BCUT2D eigenvalue weighted by Gasteiger charge is -2.13. The van der Waals surface area contributed by atoms with Gasteiger partial charge in [-0.2, -0.15) is 0 Å². The normalized spacial score (nSPS) is 10.9. The van der Waals surface area contributed by atoms with Gasteiger partial charge in [0.15, 0.2) is 0 Å². The molecule has 0 aliphatic carbocycles. The van der Waals surface area contributed by atoms with Crippen LogP contribution in [0.15, 0.2) is 77.7 Å². The molecule has 4 aromatic rings. The third-order valence-electron chi connectivity index (χ3n) is 4.46. The summed E-state index contributed by atoms with van der Waals surface area (Å²) in [6.07, 6.45) is 1.16. The van der Waals surface area contributed by atoms with E-state index >= 15 is 0 Å². The molecule has 29 heavy (non-hydrogen) atoms. The van der Waals surface area contributed by atoms with Gasteiger partial charge in [-0.15, -0.1) is 0 Å². The van der Waals surface area contributed by atoms with Crippen molar-refractivity contribution in [3.63, 3.8) is 0 Å². The lowest BCUT2D eigenvalue weighted by molar-refractivity contribution is 0.102. The Morgan fingerprint density at radius 3 is 2.24 bits per heavy atom. The number of nitrogens with one attached hydrogen (secondary N) is 1. The molecule has 3 aromatic carbocycles. The number of fused-ring (bicyclic) bond motifs is 1. The van der Waals surface area contributed by atoms with Crippen molar-refractivity contribution in [3.05, 3.63) is 106 Å². The molecule has 0 aliphatic rings. The van der Waals surface area contributed by atoms with E-state index in [9.17, 15) is 22.8 Å². The molecule has 0 atom stereocenters. The number of hydrogen-bond donors (Lipinski definition) is 1. The Labute approximate surface area is 162 Å². The third-order valence-corrected chi connectivity index (χ3v) is 4.46. The minimum atomic E-state index is -0.956. The summed E-state index contributed by atoms with van der Waals surface area (Å²) in [7, 11) is 0. The molecule has 144 valence electrons. The van der Waals surface area contributed by atoms with Crippen molar-refractivity contribution in [1.29, 1.82) is 0 Å². The number of aromatic nitrogens is 1. The molecule has 1 N–H and O–H groups in total. The number of carbonyl (C=O) groups is 1. The van der Waals surface area contributed by atoms with Gasteiger partial charge in [0.2, 0.25) is 0 Å². The van der Waals surface area contributed by atoms with Gasteiger partial charge >= 0.3 is 0 Å². The first kappa shape index (κ1) is 18.5. The summed E-state index contributed by atoms with van der Waals surface area (Å²) in [5.41, 5.74) is -0.782. The molecule has 0 aliphatic heterocycles. The molecule has 0 spiro atoms. The molecule has 0 unspecified atom stereocenters. The van der Waals surface area contributed by atoms with Crippen molar-refractivity contribution in [2.75, 3.05) is 5.32 Å². The maximum absolute atomic E-state index is 14.3. The SMILES string of the molecule is O=C(Nc1ccccc1F)c1cn(-c2ccc(F)cc2F)c(=O)c2ccccc12. The highest BCUT2D eigenvalue weighted by Crippen LogP contribution is 2.21. The number of hydrogen-bond acceptors (Lipinski definition) is 2. The largest absolute Gasteiger partial charge is 0.319 e. The summed E-state index contributed by atoms with van der Waals surface area (Å²) in [5.74, 6) is -3.05. The molecule has 4 rings (SSSR count). The first-order valence-electron chi connectivity index (χ1n) is 8.61. The predicted molar refractivity (Wildman–Crippen MR) is 104 cm³/mol. The van der Waals surface area contributed by atoms with Crippen molar-refractivity contribution < 1.29 is 18.0 Å². The Balaban J connectivity index is 1.92. The van der Waals surface area contributed by atoms with Gasteiger partial charge in [0.25, 0.3) is 11.5 Å². The molecule has 0 saturated heterocycles. The van der Waals surface area contributed by atoms with Crippen LogP contribution in [0.2, 0.25) is 0 Å². The number of pyridine rings is 1. The Morgan fingerprint density at radius 2 is 1.52 bits per heavy atom. The quantitative estimate of drug-likeness (QED) is 0.550. The molecule has 1 aromatic heterocycles. The van der Waals surface area contributed by atoms with Crippen molar-refractivity contribution in [3.8, 4) is 5.69 Å². The van der Waals surface area contributed by atoms with E-state index in [1.165, 1.54) is 24.3 Å². The highest BCUT2D eigenvalue weighted by atomic mass is 19.1. The van der Waals surface area contributed by atoms with E-state index in [1.807, 2.05) is 0 Å². The van der Waals surface area contributed by atoms with E-state index in [0.29, 0.717) is 11.5 Å². The maximum Gasteiger partial charge on any atom is 0.263 e. The fraction of sp³-hybridized carbons (Fsp3) is 0. The van der Waals surface area contributed by atoms with E-state index in [1.54, 1.807) is 24.3 Å². The Kier molecular flexibility index (Phi) is 4.64. The molecular weight excluding hydrogens is 381 g/mol. The average Bonchev–Trinajstić information content (AvgIpc) is 2.71. The molecule has 1 amide bonds. The first-order valence-corrected chi connectivity index (χ1v) is 8.61. The fourth-order valence-corrected chi connectivity index (χ4v) is 3.08. The third kappa shape index (κ3) is 3.38. The summed E-state index contributed by atoms with van der Waals surface area (Å²) < 4.78 is 42.4. The van der Waals surface area contributed by atoms with Crippen LogP contribution in [0.3, 0.4) is 0 Å². The second-order valence-corrected chi connectivity index (χ2v) is 6.29. The molecule has 0 saturated carbocycles. The molecular formula is C22H13F3N2O2. The highest BCUT2D eigenvalue weighted by molar-refractivity contribution is 6.12. The monoisotopic (exact) mass is 394 g/mol. The van der Waals surface area contributed by atoms with Crippen LogP contribution in [0.25, 0.3) is 16.5 Å². The van der Waals surface area contributed by atoms with E-state index < -0.39 is 28.9 Å². The van der Waals surface area contributed by atoms with Crippen LogP contribution in [-0.4, -0.2) is 10.5 Å². The van der Waals surface area contributed by atoms with Crippen LogP contribution in [0.5, 0.6) is 0 Å². The smallest absolute Gasteiger partial charge is 0.263 e. The topological polar surface area (TPSA) is 51.1 Å². The van der Waals surface area contributed by atoms with Gasteiger partial charge in [-0.25, -0.2) is 13.2 Å². The van der Waals surface area contributed by atoms with Gasteiger partial charge in [0, 0.05) is 23.0 Å². The van der Waals surface area contributed by atoms with Crippen LogP contribution in [0, 0.1) is 17.5 Å². The van der Waals surface area contributed by atoms with Gasteiger partial charge in [0.1, 0.15) is 17.5 Å². The number of anilines is 1. The summed E-state index contributed by atoms with van der Waals surface area (Å²) in [6.45, 7) is 0. The Morgan fingerprint density at radius 1 is 0.828 bits per heavy atom. The zero-order valence-corrected chi connectivity index (χ0v) is 14.8. The summed E-state index contributed by atoms with van der Waals surface area (Å²) in [5, 5.41) is 2.95. The molecule has 0 bridgehead atoms. The van der Waals surface area contributed by atoms with Crippen molar-refractivity contribution in [1.82, 2.24) is 4.57 Å². The van der Waals surface area contributed by atoms with Crippen molar-refractivity contribution in [2.45, 2.75) is 0 Å². The van der Waals surface area contributed by atoms with Gasteiger partial charge in [-0.1, -0.05) is 30.3 Å². The lowest BCUT2D eigenvalue weighted by atomic mass is 10.1. The van der Waals surface area contributed by atoms with Crippen molar-refractivity contribution >= 4 is 22.4 Å². The summed E-state index contributed by atoms with van der Waals surface area (Å²) in [6, 6.07) is 14.7. The number of carbonyl (C=O) groups excluding carboxylic acids is 1. The van der Waals surface area contributed by atoms with E-state index in [-0.39, 0.29) is 22.3 Å². The second kappa shape index (κ2) is 7.27. The summed E-state index contributed by atoms with van der Waals surface area (Å²) >= 11 is 0. The van der Waals surface area contributed by atoms with Crippen LogP contribution in [0.1, 0.15) is 10.4 Å². The van der Waals surface area contributed by atoms with E-state index in [4.69, 9.17) is 0 Å². The molecule has 4 nitrogen and oxygen atoms in total. The van der Waals surface area contributed by atoms with Gasteiger partial charge < -0.3 is 5.32 Å². The highest BCUT2D eigenvalue weighted by Gasteiger charge is 2.18. The van der Waals surface area contributed by atoms with Crippen LogP contribution >= 0.6 is 0 Å². The van der Waals surface area contributed by atoms with Crippen LogP contribution in [0.4, 0.5) is 18.9 Å². The first-order chi connectivity index (χ1) is 14.0. The fourth-order valence-electron chi connectivity index (χ4n) is 3.08. The number of benzene rings is 3. The standard InChI is InChI=1S/C22H13F3N2O2/c23-13-9-10-20(18(25)11-13)27-12-16(14-5-1-2-6-15(14)22(27)29)21(28)26-19-8-4-3-7-17(19)24/h1-12H,(H,26,28). The second-order valence-electron chi connectivity index (χ2n) is 6.29. The van der Waals surface area contributed by atoms with Gasteiger partial charge in [0.05, 0.1) is 16.9 Å². The molecule has 7 heteroatoms. The Bertz CT molecular complexity index is 1320. The Hall–Kier alpha value is -3.87. The number of nitrogens with zero attached hydrogens (tertiary/aromatic N) is 1. The lowest BCUT2D eigenvalue weighted by Crippen LogP contribution is -2.23. The zero-order valence-electron chi connectivity index (χ0n) is 14.8. The minimum Gasteiger partial charge on any atom is -0.319 e. The summed E-state index contributed by atoms with van der Waals surface area (Å²) in [4.78, 5) is 25.7. The maximum atomic E-state index is 14.3. The number of halogens is 3. The molecule has 1 heterocycles. The van der Waals surface area contributed by atoms with Crippen LogP contribution < -0.4 is 10.9 Å². The van der Waals surface area contributed by atoms with E-state index in [0.717, 1.165) is 22.9 Å². The van der Waals surface area contributed by atoms with Crippen LogP contribution in [-0.2, 0) is 0 Å². The minimum absolute atomic E-state index is 0.0344. The molecule has 0 radical (unpaired) electrons. The van der Waals surface area contributed by atoms with Gasteiger partial charge in [-0.05, 0) is 30.3 Å². The number of amides is 1. The zero-order chi connectivity index (χ0) is 20.5. The predicted octanol–water partition coefficient (Wildman–Crippen LogP) is 4.66. The van der Waals surface area contributed by atoms with Gasteiger partial charge in [-0.3, -0.25) is 14.2 Å². The van der Waals surface area contributed by atoms with Crippen molar-refractivity contribution in [2.24, 2.45) is 0 Å². The molecule has 0 fully saturated rings. The number of para-hydroxylation sites is 1. The average molecular weight is 394 g/mol.